The van der Waals surface area contributed by atoms with Gasteiger partial charge in [0.15, 0.2) is 0 Å². The van der Waals surface area contributed by atoms with E-state index in [1.807, 2.05) is 0 Å². The summed E-state index contributed by atoms with van der Waals surface area (Å²) in [5.74, 6) is -0.139. The van der Waals surface area contributed by atoms with Gasteiger partial charge in [-0.2, -0.15) is 0 Å². The zero-order valence-electron chi connectivity index (χ0n) is 7.84. The Labute approximate surface area is 77.4 Å². The third kappa shape index (κ3) is 1.09. The van der Waals surface area contributed by atoms with Crippen molar-refractivity contribution in [2.24, 2.45) is 11.1 Å². The van der Waals surface area contributed by atoms with Crippen LogP contribution in [-0.4, -0.2) is 31.8 Å². The molecule has 0 aromatic rings. The molecule has 1 aliphatic heterocycles. The highest BCUT2D eigenvalue weighted by atomic mass is 16.5. The van der Waals surface area contributed by atoms with Crippen LogP contribution in [0.3, 0.4) is 0 Å². The Balaban J connectivity index is 2.18. The quantitative estimate of drug-likeness (QED) is 0.618. The number of carbonyl (C=O) groups is 1. The van der Waals surface area contributed by atoms with Crippen LogP contribution in [-0.2, 0) is 14.3 Å². The first-order valence-electron chi connectivity index (χ1n) is 4.59. The Hall–Kier alpha value is -0.610. The highest BCUT2D eigenvalue weighted by molar-refractivity contribution is 5.78. The minimum atomic E-state index is -0.381. The van der Waals surface area contributed by atoms with Crippen LogP contribution in [0.4, 0.5) is 0 Å². The smallest absolute Gasteiger partial charge is 0.314 e. The van der Waals surface area contributed by atoms with E-state index < -0.39 is 0 Å². The third-order valence-corrected chi connectivity index (χ3v) is 3.36. The normalized spacial score (nSPS) is 42.3. The molecule has 0 amide bonds. The third-order valence-electron chi connectivity index (χ3n) is 3.36. The number of hydrogen-bond acceptors (Lipinski definition) is 4. The lowest BCUT2D eigenvalue weighted by molar-refractivity contribution is -0.154. The predicted molar refractivity (Wildman–Crippen MR) is 46.0 cm³/mol. The monoisotopic (exact) mass is 185 g/mol. The van der Waals surface area contributed by atoms with Gasteiger partial charge in [-0.05, 0) is 19.3 Å². The van der Waals surface area contributed by atoms with Crippen molar-refractivity contribution < 1.29 is 14.3 Å². The highest BCUT2D eigenvalue weighted by Crippen LogP contribution is 2.52. The van der Waals surface area contributed by atoms with Crippen LogP contribution in [0.15, 0.2) is 0 Å². The van der Waals surface area contributed by atoms with Crippen molar-refractivity contribution in [1.82, 2.24) is 0 Å². The van der Waals surface area contributed by atoms with Crippen molar-refractivity contribution in [3.8, 4) is 0 Å². The van der Waals surface area contributed by atoms with Gasteiger partial charge in [-0.1, -0.05) is 0 Å². The molecule has 2 aliphatic rings. The highest BCUT2D eigenvalue weighted by Gasteiger charge is 2.59. The van der Waals surface area contributed by atoms with Crippen LogP contribution in [0, 0.1) is 5.41 Å². The van der Waals surface area contributed by atoms with Crippen molar-refractivity contribution in [2.75, 3.05) is 20.3 Å². The predicted octanol–water partition coefficient (Wildman–Crippen LogP) is 0.0574. The number of esters is 1. The average Bonchev–Trinajstić information content (AvgIpc) is 2.74. The van der Waals surface area contributed by atoms with Gasteiger partial charge < -0.3 is 15.2 Å². The summed E-state index contributed by atoms with van der Waals surface area (Å²) < 4.78 is 10.4. The maximum atomic E-state index is 11.5. The Bertz CT molecular complexity index is 231. The van der Waals surface area contributed by atoms with Gasteiger partial charge in [-0.3, -0.25) is 4.79 Å². The van der Waals surface area contributed by atoms with Gasteiger partial charge in [-0.25, -0.2) is 0 Å². The number of methoxy groups -OCH3 is 1. The molecule has 1 heterocycles. The van der Waals surface area contributed by atoms with Gasteiger partial charge >= 0.3 is 5.97 Å². The summed E-state index contributed by atoms with van der Waals surface area (Å²) in [7, 11) is 1.43. The van der Waals surface area contributed by atoms with Crippen LogP contribution < -0.4 is 5.73 Å². The molecule has 4 nitrogen and oxygen atoms in total. The lowest BCUT2D eigenvalue weighted by Gasteiger charge is -2.25. The number of ether oxygens (including phenoxy) is 2. The van der Waals surface area contributed by atoms with Gasteiger partial charge in [-0.15, -0.1) is 0 Å². The Morgan fingerprint density at radius 1 is 1.62 bits per heavy atom. The van der Waals surface area contributed by atoms with E-state index in [0.717, 1.165) is 19.3 Å². The maximum absolute atomic E-state index is 11.5. The number of rotatable bonds is 2. The second kappa shape index (κ2) is 2.69. The van der Waals surface area contributed by atoms with Crippen molar-refractivity contribution in [3.05, 3.63) is 0 Å². The molecule has 13 heavy (non-hydrogen) atoms. The molecule has 2 N–H and O–H groups in total. The van der Waals surface area contributed by atoms with E-state index in [1.165, 1.54) is 7.11 Å². The van der Waals surface area contributed by atoms with Gasteiger partial charge in [0.2, 0.25) is 0 Å². The fourth-order valence-electron chi connectivity index (χ4n) is 2.48. The summed E-state index contributed by atoms with van der Waals surface area (Å²) in [6, 6.07) is 0. The molecule has 0 aromatic heterocycles. The van der Waals surface area contributed by atoms with Gasteiger partial charge in [0.25, 0.3) is 0 Å². The van der Waals surface area contributed by atoms with Crippen LogP contribution in [0.5, 0.6) is 0 Å². The molecule has 2 unspecified atom stereocenters. The van der Waals surface area contributed by atoms with E-state index in [2.05, 4.69) is 0 Å². The Morgan fingerprint density at radius 3 is 2.77 bits per heavy atom. The molecule has 1 aliphatic carbocycles. The van der Waals surface area contributed by atoms with E-state index in [4.69, 9.17) is 15.2 Å². The summed E-state index contributed by atoms with van der Waals surface area (Å²) >= 11 is 0. The molecule has 1 saturated carbocycles. The standard InChI is InChI=1S/C9H15NO3/c1-12-7(11)8-2-3-9(4-8,5-10)13-6-8/h2-6,10H2,1H3. The fourth-order valence-corrected chi connectivity index (χ4v) is 2.48. The topological polar surface area (TPSA) is 61.5 Å². The van der Waals surface area contributed by atoms with Gasteiger partial charge in [0.05, 0.1) is 24.7 Å². The SMILES string of the molecule is COC(=O)C12CCC(CN)(C1)OC2. The molecular formula is C9H15NO3. The number of hydrogen-bond donors (Lipinski definition) is 1. The largest absolute Gasteiger partial charge is 0.469 e. The second-order valence-corrected chi connectivity index (χ2v) is 4.12. The lowest BCUT2D eigenvalue weighted by atomic mass is 9.88. The molecular weight excluding hydrogens is 170 g/mol. The summed E-state index contributed by atoms with van der Waals surface area (Å²) in [5.41, 5.74) is 5.02. The molecule has 4 heteroatoms. The molecule has 0 radical (unpaired) electrons. The molecule has 2 rings (SSSR count). The van der Waals surface area contributed by atoms with E-state index >= 15 is 0 Å². The zero-order chi connectivity index (χ0) is 9.53. The Kier molecular flexibility index (Phi) is 1.85. The molecule has 0 spiro atoms. The van der Waals surface area contributed by atoms with Crippen molar-refractivity contribution in [3.63, 3.8) is 0 Å². The first kappa shape index (κ1) is 8.97. The zero-order valence-corrected chi connectivity index (χ0v) is 7.84. The van der Waals surface area contributed by atoms with Crippen molar-refractivity contribution >= 4 is 5.97 Å². The fraction of sp³-hybridized carbons (Fsp3) is 0.889. The number of carbonyl (C=O) groups excluding carboxylic acids is 1. The van der Waals surface area contributed by atoms with E-state index in [-0.39, 0.29) is 17.0 Å². The molecule has 74 valence electrons. The summed E-state index contributed by atoms with van der Waals surface area (Å²) in [4.78, 5) is 11.5. The van der Waals surface area contributed by atoms with E-state index in [0.29, 0.717) is 13.2 Å². The molecule has 0 aromatic carbocycles. The Morgan fingerprint density at radius 2 is 2.38 bits per heavy atom. The lowest BCUT2D eigenvalue weighted by Crippen LogP contribution is -2.36. The molecule has 2 fully saturated rings. The minimum Gasteiger partial charge on any atom is -0.469 e. The van der Waals surface area contributed by atoms with E-state index in [1.54, 1.807) is 0 Å². The second-order valence-electron chi connectivity index (χ2n) is 4.12. The van der Waals surface area contributed by atoms with Crippen LogP contribution >= 0.6 is 0 Å². The minimum absolute atomic E-state index is 0.139. The number of fused-ring (bicyclic) bond motifs is 2. The summed E-state index contributed by atoms with van der Waals surface area (Å²) in [6.07, 6.45) is 2.48. The van der Waals surface area contributed by atoms with Crippen molar-refractivity contribution in [2.45, 2.75) is 24.9 Å². The summed E-state index contributed by atoms with van der Waals surface area (Å²) in [5, 5.41) is 0. The van der Waals surface area contributed by atoms with Gasteiger partial charge in [0, 0.05) is 6.54 Å². The average molecular weight is 185 g/mol. The molecule has 2 bridgehead atoms. The molecule has 2 atom stereocenters. The molecule has 1 saturated heterocycles. The van der Waals surface area contributed by atoms with Crippen LogP contribution in [0.25, 0.3) is 0 Å². The van der Waals surface area contributed by atoms with E-state index in [9.17, 15) is 4.79 Å². The summed E-state index contributed by atoms with van der Waals surface area (Å²) in [6.45, 7) is 0.989. The van der Waals surface area contributed by atoms with Crippen LogP contribution in [0.1, 0.15) is 19.3 Å². The maximum Gasteiger partial charge on any atom is 0.314 e. The van der Waals surface area contributed by atoms with Crippen molar-refractivity contribution in [1.29, 1.82) is 0 Å². The van der Waals surface area contributed by atoms with Crippen LogP contribution in [0.2, 0.25) is 0 Å². The first-order chi connectivity index (χ1) is 6.16. The number of nitrogens with two attached hydrogens (primary N) is 1. The first-order valence-corrected chi connectivity index (χ1v) is 4.59. The van der Waals surface area contributed by atoms with Gasteiger partial charge in [0.1, 0.15) is 0 Å².